The molecule has 104 valence electrons. The zero-order valence-electron chi connectivity index (χ0n) is 11.6. The summed E-state index contributed by atoms with van der Waals surface area (Å²) in [7, 11) is 0. The van der Waals surface area contributed by atoms with Gasteiger partial charge in [0.05, 0.1) is 6.61 Å². The van der Waals surface area contributed by atoms with Gasteiger partial charge in [-0.3, -0.25) is 4.79 Å². The fraction of sp³-hybridized carbons (Fsp3) is 0.562. The lowest BCUT2D eigenvalue weighted by molar-refractivity contribution is -0.123. The van der Waals surface area contributed by atoms with E-state index in [-0.39, 0.29) is 11.9 Å². The van der Waals surface area contributed by atoms with E-state index in [9.17, 15) is 4.79 Å². The number of rotatable bonds is 8. The van der Waals surface area contributed by atoms with Gasteiger partial charge in [0, 0.05) is 19.1 Å². The third kappa shape index (κ3) is 5.03. The summed E-state index contributed by atoms with van der Waals surface area (Å²) >= 11 is 0. The summed E-state index contributed by atoms with van der Waals surface area (Å²) in [4.78, 5) is 11.9. The van der Waals surface area contributed by atoms with Gasteiger partial charge >= 0.3 is 0 Å². The first kappa shape index (κ1) is 14.1. The van der Waals surface area contributed by atoms with Crippen molar-refractivity contribution in [2.75, 3.05) is 13.2 Å². The second kappa shape index (κ2) is 7.29. The number of amides is 1. The van der Waals surface area contributed by atoms with Gasteiger partial charge in [-0.25, -0.2) is 0 Å². The van der Waals surface area contributed by atoms with E-state index in [4.69, 9.17) is 4.74 Å². The highest BCUT2D eigenvalue weighted by atomic mass is 16.5. The Morgan fingerprint density at radius 2 is 2.11 bits per heavy atom. The third-order valence-electron chi connectivity index (χ3n) is 3.51. The summed E-state index contributed by atoms with van der Waals surface area (Å²) in [5, 5.41) is 3.17. The molecule has 3 heteroatoms. The smallest absolute Gasteiger partial charge is 0.222 e. The number of ether oxygens (including phenoxy) is 1. The summed E-state index contributed by atoms with van der Waals surface area (Å²) in [6.45, 7) is 3.13. The van der Waals surface area contributed by atoms with Gasteiger partial charge in [-0.05, 0) is 37.7 Å². The summed E-state index contributed by atoms with van der Waals surface area (Å²) in [6.07, 6.45) is 3.88. The van der Waals surface area contributed by atoms with E-state index in [0.29, 0.717) is 25.6 Å². The predicted octanol–water partition coefficient (Wildman–Crippen LogP) is 2.55. The van der Waals surface area contributed by atoms with Gasteiger partial charge in [0.2, 0.25) is 5.91 Å². The van der Waals surface area contributed by atoms with Crippen LogP contribution in [0.3, 0.4) is 0 Å². The standard InChI is InChI=1S/C16H23NO2/c1-2-19-11-10-16(18)17-15(14-8-9-14)12-13-6-4-3-5-7-13/h3-7,14-15H,2,8-12H2,1H3,(H,17,18)/t15-/m0/s1. The average Bonchev–Trinajstić information content (AvgIpc) is 3.24. The molecule has 1 aromatic rings. The lowest BCUT2D eigenvalue weighted by Crippen LogP contribution is -2.38. The summed E-state index contributed by atoms with van der Waals surface area (Å²) in [6, 6.07) is 10.7. The van der Waals surface area contributed by atoms with Crippen LogP contribution in [-0.4, -0.2) is 25.2 Å². The van der Waals surface area contributed by atoms with Crippen LogP contribution in [0.4, 0.5) is 0 Å². The Morgan fingerprint density at radius 3 is 2.74 bits per heavy atom. The molecule has 0 saturated heterocycles. The van der Waals surface area contributed by atoms with Crippen molar-refractivity contribution in [3.8, 4) is 0 Å². The van der Waals surface area contributed by atoms with Crippen LogP contribution < -0.4 is 5.32 Å². The van der Waals surface area contributed by atoms with Gasteiger partial charge in [-0.1, -0.05) is 30.3 Å². The van der Waals surface area contributed by atoms with Crippen molar-refractivity contribution in [1.82, 2.24) is 5.32 Å². The molecule has 2 rings (SSSR count). The molecule has 1 atom stereocenters. The predicted molar refractivity (Wildman–Crippen MR) is 75.9 cm³/mol. The molecule has 0 aliphatic heterocycles. The second-order valence-corrected chi connectivity index (χ2v) is 5.15. The van der Waals surface area contributed by atoms with Crippen LogP contribution in [0.25, 0.3) is 0 Å². The highest BCUT2D eigenvalue weighted by molar-refractivity contribution is 5.76. The zero-order chi connectivity index (χ0) is 13.5. The molecule has 1 N–H and O–H groups in total. The number of carbonyl (C=O) groups is 1. The monoisotopic (exact) mass is 261 g/mol. The zero-order valence-corrected chi connectivity index (χ0v) is 11.6. The Kier molecular flexibility index (Phi) is 5.40. The normalized spacial score (nSPS) is 16.1. The van der Waals surface area contributed by atoms with Crippen molar-refractivity contribution in [3.05, 3.63) is 35.9 Å². The van der Waals surface area contributed by atoms with E-state index in [1.165, 1.54) is 18.4 Å². The number of nitrogens with one attached hydrogen (secondary N) is 1. The summed E-state index contributed by atoms with van der Waals surface area (Å²) in [5.41, 5.74) is 1.30. The average molecular weight is 261 g/mol. The SMILES string of the molecule is CCOCCC(=O)N[C@@H](Cc1ccccc1)C1CC1. The van der Waals surface area contributed by atoms with E-state index in [0.717, 1.165) is 6.42 Å². The van der Waals surface area contributed by atoms with Crippen LogP contribution in [-0.2, 0) is 16.0 Å². The fourth-order valence-corrected chi connectivity index (χ4v) is 2.29. The van der Waals surface area contributed by atoms with Crippen molar-refractivity contribution >= 4 is 5.91 Å². The Morgan fingerprint density at radius 1 is 1.37 bits per heavy atom. The number of hydrogen-bond donors (Lipinski definition) is 1. The Labute approximate surface area is 115 Å². The van der Waals surface area contributed by atoms with Gasteiger partial charge in [0.15, 0.2) is 0 Å². The first-order valence-electron chi connectivity index (χ1n) is 7.20. The molecule has 0 heterocycles. The maximum atomic E-state index is 11.9. The van der Waals surface area contributed by atoms with Crippen LogP contribution in [0.15, 0.2) is 30.3 Å². The van der Waals surface area contributed by atoms with Crippen molar-refractivity contribution in [2.24, 2.45) is 5.92 Å². The quantitative estimate of drug-likeness (QED) is 0.730. The molecule has 19 heavy (non-hydrogen) atoms. The maximum absolute atomic E-state index is 11.9. The largest absolute Gasteiger partial charge is 0.381 e. The Balaban J connectivity index is 1.81. The van der Waals surface area contributed by atoms with Crippen LogP contribution in [0, 0.1) is 5.92 Å². The summed E-state index contributed by atoms with van der Waals surface area (Å²) < 4.78 is 5.22. The fourth-order valence-electron chi connectivity index (χ4n) is 2.29. The number of benzene rings is 1. The molecule has 1 amide bonds. The number of hydrogen-bond acceptors (Lipinski definition) is 2. The van der Waals surface area contributed by atoms with E-state index >= 15 is 0 Å². The summed E-state index contributed by atoms with van der Waals surface area (Å²) in [5.74, 6) is 0.775. The van der Waals surface area contributed by atoms with Gasteiger partial charge in [0.1, 0.15) is 0 Å². The van der Waals surface area contributed by atoms with Crippen molar-refractivity contribution < 1.29 is 9.53 Å². The maximum Gasteiger partial charge on any atom is 0.222 e. The topological polar surface area (TPSA) is 38.3 Å². The molecule has 1 aromatic carbocycles. The van der Waals surface area contributed by atoms with Crippen LogP contribution in [0.2, 0.25) is 0 Å². The lowest BCUT2D eigenvalue weighted by Gasteiger charge is -2.18. The second-order valence-electron chi connectivity index (χ2n) is 5.15. The molecule has 1 aliphatic rings. The molecule has 0 aromatic heterocycles. The van der Waals surface area contributed by atoms with Crippen LogP contribution >= 0.6 is 0 Å². The van der Waals surface area contributed by atoms with Gasteiger partial charge in [-0.15, -0.1) is 0 Å². The van der Waals surface area contributed by atoms with Crippen molar-refractivity contribution in [3.63, 3.8) is 0 Å². The third-order valence-corrected chi connectivity index (χ3v) is 3.51. The van der Waals surface area contributed by atoms with Crippen LogP contribution in [0.5, 0.6) is 0 Å². The molecule has 1 fully saturated rings. The van der Waals surface area contributed by atoms with Gasteiger partial charge in [-0.2, -0.15) is 0 Å². The minimum atomic E-state index is 0.112. The van der Waals surface area contributed by atoms with Gasteiger partial charge in [0.25, 0.3) is 0 Å². The molecule has 1 aliphatic carbocycles. The van der Waals surface area contributed by atoms with Crippen molar-refractivity contribution in [1.29, 1.82) is 0 Å². The molecule has 0 bridgehead atoms. The van der Waals surface area contributed by atoms with Crippen LogP contribution in [0.1, 0.15) is 31.7 Å². The minimum absolute atomic E-state index is 0.112. The molecule has 0 radical (unpaired) electrons. The molecule has 0 unspecified atom stereocenters. The highest BCUT2D eigenvalue weighted by Gasteiger charge is 2.32. The van der Waals surface area contributed by atoms with E-state index in [2.05, 4.69) is 29.6 Å². The minimum Gasteiger partial charge on any atom is -0.381 e. The Hall–Kier alpha value is -1.35. The molecule has 3 nitrogen and oxygen atoms in total. The first-order valence-corrected chi connectivity index (χ1v) is 7.20. The molecule has 1 saturated carbocycles. The molecular formula is C16H23NO2. The van der Waals surface area contributed by atoms with Gasteiger partial charge < -0.3 is 10.1 Å². The first-order chi connectivity index (χ1) is 9.29. The highest BCUT2D eigenvalue weighted by Crippen LogP contribution is 2.34. The van der Waals surface area contributed by atoms with E-state index in [1.807, 2.05) is 13.0 Å². The molecule has 0 spiro atoms. The van der Waals surface area contributed by atoms with Crippen molar-refractivity contribution in [2.45, 2.75) is 38.6 Å². The van der Waals surface area contributed by atoms with E-state index < -0.39 is 0 Å². The number of carbonyl (C=O) groups excluding carboxylic acids is 1. The Bertz CT molecular complexity index is 387. The van der Waals surface area contributed by atoms with E-state index in [1.54, 1.807) is 0 Å². The molecular weight excluding hydrogens is 238 g/mol. The lowest BCUT2D eigenvalue weighted by atomic mass is 10.0.